The van der Waals surface area contributed by atoms with Crippen LogP contribution in [0.1, 0.15) is 10.4 Å². The Morgan fingerprint density at radius 3 is 2.47 bits per heavy atom. The number of aldehydes is 1. The molecule has 0 bridgehead atoms. The number of hydrogen-bond donors (Lipinski definition) is 0. The Bertz CT molecular complexity index is 538. The van der Waals surface area contributed by atoms with Crippen molar-refractivity contribution >= 4 is 40.5 Å². The molecule has 0 unspecified atom stereocenters. The lowest BCUT2D eigenvalue weighted by atomic mass is 10.2. The molecule has 2 nitrogen and oxygen atoms in total. The number of carbonyl (C=O) groups excluding carboxylic acids is 1. The second-order valence-corrected chi connectivity index (χ2v) is 5.04. The summed E-state index contributed by atoms with van der Waals surface area (Å²) in [5.41, 5.74) is 0.441. The van der Waals surface area contributed by atoms with Crippen LogP contribution in [0.25, 0.3) is 0 Å². The van der Waals surface area contributed by atoms with Crippen molar-refractivity contribution in [3.8, 4) is 11.5 Å². The Hall–Kier alpha value is -1.07. The molecule has 0 atom stereocenters. The van der Waals surface area contributed by atoms with Crippen LogP contribution >= 0.6 is 34.2 Å². The number of carbonyl (C=O) groups is 1. The third-order valence-electron chi connectivity index (χ3n) is 2.14. The van der Waals surface area contributed by atoms with Crippen molar-refractivity contribution in [2.24, 2.45) is 0 Å². The van der Waals surface area contributed by atoms with Gasteiger partial charge in [0.2, 0.25) is 0 Å². The Morgan fingerprint density at radius 2 is 1.82 bits per heavy atom. The first-order valence-electron chi connectivity index (χ1n) is 4.87. The Balaban J connectivity index is 2.29. The van der Waals surface area contributed by atoms with Gasteiger partial charge in [-0.05, 0) is 65.1 Å². The first-order chi connectivity index (χ1) is 8.19. The molecule has 0 N–H and O–H groups in total. The van der Waals surface area contributed by atoms with E-state index in [0.717, 1.165) is 9.86 Å². The Morgan fingerprint density at radius 1 is 1.12 bits per heavy atom. The van der Waals surface area contributed by atoms with Crippen LogP contribution in [0, 0.1) is 3.57 Å². The zero-order chi connectivity index (χ0) is 12.3. The van der Waals surface area contributed by atoms with Gasteiger partial charge in [-0.25, -0.2) is 0 Å². The van der Waals surface area contributed by atoms with Crippen LogP contribution in [-0.4, -0.2) is 6.29 Å². The maximum absolute atomic E-state index is 10.9. The number of ether oxygens (including phenoxy) is 1. The molecule has 17 heavy (non-hydrogen) atoms. The van der Waals surface area contributed by atoms with Crippen LogP contribution in [0.3, 0.4) is 0 Å². The lowest BCUT2D eigenvalue weighted by Gasteiger charge is -2.08. The van der Waals surface area contributed by atoms with Gasteiger partial charge in [-0.3, -0.25) is 4.79 Å². The average molecular weight is 359 g/mol. The van der Waals surface area contributed by atoms with Gasteiger partial charge in [-0.2, -0.15) is 0 Å². The van der Waals surface area contributed by atoms with Crippen molar-refractivity contribution in [2.45, 2.75) is 0 Å². The van der Waals surface area contributed by atoms with Crippen molar-refractivity contribution in [3.05, 3.63) is 56.6 Å². The Kier molecular flexibility index (Phi) is 4.02. The summed E-state index contributed by atoms with van der Waals surface area (Å²) in [6.07, 6.45) is 0.730. The molecule has 0 fully saturated rings. The minimum Gasteiger partial charge on any atom is -0.457 e. The minimum atomic E-state index is 0.441. The highest BCUT2D eigenvalue weighted by Gasteiger charge is 2.05. The van der Waals surface area contributed by atoms with Crippen LogP contribution in [0.2, 0.25) is 5.02 Å². The van der Waals surface area contributed by atoms with Gasteiger partial charge in [0.15, 0.2) is 6.29 Å². The van der Waals surface area contributed by atoms with Crippen LogP contribution in [0.4, 0.5) is 0 Å². The van der Waals surface area contributed by atoms with Gasteiger partial charge in [0.25, 0.3) is 0 Å². The number of hydrogen-bond acceptors (Lipinski definition) is 2. The predicted molar refractivity (Wildman–Crippen MR) is 76.1 cm³/mol. The largest absolute Gasteiger partial charge is 0.457 e. The van der Waals surface area contributed by atoms with Gasteiger partial charge in [0, 0.05) is 8.59 Å². The molecule has 0 heterocycles. The number of rotatable bonds is 3. The molecule has 2 aromatic carbocycles. The van der Waals surface area contributed by atoms with Gasteiger partial charge >= 0.3 is 0 Å². The average Bonchev–Trinajstić information content (AvgIpc) is 2.34. The SMILES string of the molecule is O=Cc1cc(Cl)ccc1Oc1ccc(I)cc1. The highest BCUT2D eigenvalue weighted by molar-refractivity contribution is 14.1. The fraction of sp³-hybridized carbons (Fsp3) is 0. The zero-order valence-corrected chi connectivity index (χ0v) is 11.6. The van der Waals surface area contributed by atoms with E-state index in [9.17, 15) is 4.79 Å². The zero-order valence-electron chi connectivity index (χ0n) is 8.69. The monoisotopic (exact) mass is 358 g/mol. The van der Waals surface area contributed by atoms with Gasteiger partial charge in [-0.15, -0.1) is 0 Å². The first kappa shape index (κ1) is 12.4. The van der Waals surface area contributed by atoms with Gasteiger partial charge in [0.1, 0.15) is 11.5 Å². The molecule has 2 rings (SSSR count). The minimum absolute atomic E-state index is 0.441. The van der Waals surface area contributed by atoms with Gasteiger partial charge < -0.3 is 4.74 Å². The molecule has 0 radical (unpaired) electrons. The van der Waals surface area contributed by atoms with E-state index in [0.29, 0.717) is 22.1 Å². The summed E-state index contributed by atoms with van der Waals surface area (Å²) in [6.45, 7) is 0. The van der Waals surface area contributed by atoms with E-state index in [-0.39, 0.29) is 0 Å². The smallest absolute Gasteiger partial charge is 0.153 e. The van der Waals surface area contributed by atoms with E-state index < -0.39 is 0 Å². The lowest BCUT2D eigenvalue weighted by molar-refractivity contribution is 0.112. The summed E-state index contributed by atoms with van der Waals surface area (Å²) in [5, 5.41) is 0.516. The molecule has 0 aromatic heterocycles. The maximum Gasteiger partial charge on any atom is 0.153 e. The number of benzene rings is 2. The summed E-state index contributed by atoms with van der Waals surface area (Å²) < 4.78 is 6.74. The molecule has 0 saturated heterocycles. The molecular weight excluding hydrogens is 350 g/mol. The Labute approximate surface area is 118 Å². The van der Waals surface area contributed by atoms with Crippen molar-refractivity contribution in [2.75, 3.05) is 0 Å². The lowest BCUT2D eigenvalue weighted by Crippen LogP contribution is -1.90. The molecule has 0 aliphatic carbocycles. The van der Waals surface area contributed by atoms with Crippen molar-refractivity contribution in [3.63, 3.8) is 0 Å². The fourth-order valence-electron chi connectivity index (χ4n) is 1.33. The quantitative estimate of drug-likeness (QED) is 0.594. The van der Waals surface area contributed by atoms with Crippen LogP contribution in [0.5, 0.6) is 11.5 Å². The molecule has 0 amide bonds. The topological polar surface area (TPSA) is 26.3 Å². The van der Waals surface area contributed by atoms with Gasteiger partial charge in [0.05, 0.1) is 5.56 Å². The molecule has 0 saturated carbocycles. The summed E-state index contributed by atoms with van der Waals surface area (Å²) in [7, 11) is 0. The van der Waals surface area contributed by atoms with Gasteiger partial charge in [-0.1, -0.05) is 11.6 Å². The van der Waals surface area contributed by atoms with E-state index in [2.05, 4.69) is 22.6 Å². The summed E-state index contributed by atoms with van der Waals surface area (Å²) in [4.78, 5) is 10.9. The molecule has 4 heteroatoms. The van der Waals surface area contributed by atoms with Crippen LogP contribution < -0.4 is 4.74 Å². The number of halogens is 2. The third-order valence-corrected chi connectivity index (χ3v) is 3.09. The predicted octanol–water partition coefficient (Wildman–Crippen LogP) is 4.55. The van der Waals surface area contributed by atoms with Crippen molar-refractivity contribution in [1.82, 2.24) is 0 Å². The van der Waals surface area contributed by atoms with E-state index in [4.69, 9.17) is 16.3 Å². The highest BCUT2D eigenvalue weighted by atomic mass is 127. The molecule has 86 valence electrons. The molecule has 0 spiro atoms. The normalized spacial score (nSPS) is 10.0. The van der Waals surface area contributed by atoms with Crippen molar-refractivity contribution in [1.29, 1.82) is 0 Å². The van der Waals surface area contributed by atoms with E-state index in [1.807, 2.05) is 24.3 Å². The van der Waals surface area contributed by atoms with E-state index >= 15 is 0 Å². The third kappa shape index (κ3) is 3.20. The molecular formula is C13H8ClIO2. The summed E-state index contributed by atoms with van der Waals surface area (Å²) in [6, 6.07) is 12.5. The van der Waals surface area contributed by atoms with E-state index in [1.54, 1.807) is 18.2 Å². The van der Waals surface area contributed by atoms with Crippen LogP contribution in [-0.2, 0) is 0 Å². The summed E-state index contributed by atoms with van der Waals surface area (Å²) in [5.74, 6) is 1.20. The highest BCUT2D eigenvalue weighted by Crippen LogP contribution is 2.27. The maximum atomic E-state index is 10.9. The van der Waals surface area contributed by atoms with E-state index in [1.165, 1.54) is 0 Å². The summed E-state index contributed by atoms with van der Waals surface area (Å²) >= 11 is 8.02. The second-order valence-electron chi connectivity index (χ2n) is 3.36. The van der Waals surface area contributed by atoms with Crippen LogP contribution in [0.15, 0.2) is 42.5 Å². The molecule has 0 aliphatic heterocycles. The standard InChI is InChI=1S/C13H8ClIO2/c14-10-1-6-13(9(7-10)8-16)17-12-4-2-11(15)3-5-12/h1-8H. The fourth-order valence-corrected chi connectivity index (χ4v) is 1.87. The van der Waals surface area contributed by atoms with Crippen molar-refractivity contribution < 1.29 is 9.53 Å². The molecule has 0 aliphatic rings. The first-order valence-corrected chi connectivity index (χ1v) is 6.33. The second kappa shape index (κ2) is 5.51. The molecule has 2 aromatic rings.